The summed E-state index contributed by atoms with van der Waals surface area (Å²) in [4.78, 5) is 26.9. The molecule has 114 valence electrons. The summed E-state index contributed by atoms with van der Waals surface area (Å²) < 4.78 is 3.85. The summed E-state index contributed by atoms with van der Waals surface area (Å²) in [6.07, 6.45) is 5.17. The number of anilines is 1. The van der Waals surface area contributed by atoms with Crippen LogP contribution in [-0.4, -0.2) is 21.4 Å². The minimum Gasteiger partial charge on any atom is -0.274 e. The van der Waals surface area contributed by atoms with Gasteiger partial charge in [0.25, 0.3) is 0 Å². The van der Waals surface area contributed by atoms with E-state index in [1.165, 1.54) is 16.4 Å². The average Bonchev–Trinajstić information content (AvgIpc) is 3.33. The third kappa shape index (κ3) is 1.72. The maximum Gasteiger partial charge on any atom is 0.238 e. The van der Waals surface area contributed by atoms with Crippen LogP contribution in [0.1, 0.15) is 6.42 Å². The highest BCUT2D eigenvalue weighted by Gasteiger charge is 2.59. The largest absolute Gasteiger partial charge is 0.274 e. The molecule has 1 aromatic heterocycles. The van der Waals surface area contributed by atoms with Crippen LogP contribution in [-0.2, 0) is 9.59 Å². The first-order valence-electron chi connectivity index (χ1n) is 7.67. The van der Waals surface area contributed by atoms with Crippen LogP contribution in [0.3, 0.4) is 0 Å². The fraction of sp³-hybridized carbons (Fsp3) is 0.294. The Hall–Kier alpha value is -2.34. The molecule has 0 unspecified atom stereocenters. The minimum absolute atomic E-state index is 0.0417. The number of amides is 2. The molecule has 4 atom stereocenters. The molecule has 5 rings (SSSR count). The molecule has 2 amide bonds. The van der Waals surface area contributed by atoms with Crippen LogP contribution in [0.15, 0.2) is 41.8 Å². The van der Waals surface area contributed by atoms with E-state index in [1.807, 2.05) is 29.6 Å². The molecule has 0 N–H and O–H groups in total. The zero-order chi connectivity index (χ0) is 15.6. The second-order valence-electron chi connectivity index (χ2n) is 6.35. The fourth-order valence-electron chi connectivity index (χ4n) is 4.23. The van der Waals surface area contributed by atoms with Gasteiger partial charge < -0.3 is 0 Å². The molecule has 6 heteroatoms. The maximum absolute atomic E-state index is 12.8. The molecule has 2 bridgehead atoms. The van der Waals surface area contributed by atoms with Gasteiger partial charge in [-0.2, -0.15) is 0 Å². The third-order valence-corrected chi connectivity index (χ3v) is 5.76. The quantitative estimate of drug-likeness (QED) is 0.629. The van der Waals surface area contributed by atoms with Crippen molar-refractivity contribution in [2.45, 2.75) is 6.42 Å². The van der Waals surface area contributed by atoms with Gasteiger partial charge in [-0.1, -0.05) is 28.8 Å². The topological polar surface area (TPSA) is 63.2 Å². The van der Waals surface area contributed by atoms with E-state index in [-0.39, 0.29) is 35.5 Å². The van der Waals surface area contributed by atoms with E-state index in [0.717, 1.165) is 17.7 Å². The molecule has 1 saturated carbocycles. The molecule has 1 saturated heterocycles. The molecule has 23 heavy (non-hydrogen) atoms. The zero-order valence-corrected chi connectivity index (χ0v) is 12.9. The van der Waals surface area contributed by atoms with Crippen molar-refractivity contribution in [2.75, 3.05) is 4.90 Å². The van der Waals surface area contributed by atoms with Gasteiger partial charge >= 0.3 is 0 Å². The van der Waals surface area contributed by atoms with Crippen LogP contribution in [0, 0.1) is 23.7 Å². The average molecular weight is 323 g/mol. The molecule has 2 aromatic rings. The first-order chi connectivity index (χ1) is 11.2. The number of hydrogen-bond acceptors (Lipinski definition) is 5. The van der Waals surface area contributed by atoms with Gasteiger partial charge in [0.05, 0.1) is 17.5 Å². The summed E-state index contributed by atoms with van der Waals surface area (Å²) in [7, 11) is 0. The lowest BCUT2D eigenvalue weighted by atomic mass is 9.85. The Morgan fingerprint density at radius 3 is 2.22 bits per heavy atom. The van der Waals surface area contributed by atoms with Crippen molar-refractivity contribution in [3.05, 3.63) is 41.8 Å². The zero-order valence-electron chi connectivity index (χ0n) is 12.1. The van der Waals surface area contributed by atoms with Crippen LogP contribution in [0.25, 0.3) is 11.3 Å². The van der Waals surface area contributed by atoms with Gasteiger partial charge in [0.1, 0.15) is 5.69 Å². The summed E-state index contributed by atoms with van der Waals surface area (Å²) in [5.41, 5.74) is 2.39. The second kappa shape index (κ2) is 4.58. The van der Waals surface area contributed by atoms with Gasteiger partial charge in [0.2, 0.25) is 11.8 Å². The highest BCUT2D eigenvalue weighted by atomic mass is 32.1. The van der Waals surface area contributed by atoms with Crippen molar-refractivity contribution in [3.8, 4) is 11.3 Å². The number of nitrogens with zero attached hydrogens (tertiary/aromatic N) is 3. The van der Waals surface area contributed by atoms with E-state index in [1.54, 1.807) is 0 Å². The number of benzene rings is 1. The van der Waals surface area contributed by atoms with Crippen LogP contribution < -0.4 is 4.90 Å². The van der Waals surface area contributed by atoms with Crippen LogP contribution in [0.4, 0.5) is 5.69 Å². The number of carbonyl (C=O) groups excluding carboxylic acids is 2. The lowest BCUT2D eigenvalue weighted by Gasteiger charge is -2.17. The van der Waals surface area contributed by atoms with Gasteiger partial charge in [-0.3, -0.25) is 14.5 Å². The van der Waals surface area contributed by atoms with Gasteiger partial charge in [-0.25, -0.2) is 0 Å². The van der Waals surface area contributed by atoms with Gasteiger partial charge in [-0.15, -0.1) is 5.10 Å². The van der Waals surface area contributed by atoms with Gasteiger partial charge in [0, 0.05) is 10.9 Å². The van der Waals surface area contributed by atoms with E-state index in [4.69, 9.17) is 0 Å². The fourth-order valence-corrected chi connectivity index (χ4v) is 4.69. The molecule has 2 heterocycles. The van der Waals surface area contributed by atoms with Crippen molar-refractivity contribution in [1.82, 2.24) is 9.59 Å². The molecule has 1 aromatic carbocycles. The maximum atomic E-state index is 12.8. The first kappa shape index (κ1) is 13.1. The van der Waals surface area contributed by atoms with Crippen LogP contribution in [0.2, 0.25) is 0 Å². The number of allylic oxidation sites excluding steroid dienone is 2. The Bertz CT molecular complexity index is 798. The van der Waals surface area contributed by atoms with E-state index >= 15 is 0 Å². The highest BCUT2D eigenvalue weighted by molar-refractivity contribution is 7.03. The Morgan fingerprint density at radius 2 is 1.65 bits per heavy atom. The molecule has 5 nitrogen and oxygen atoms in total. The number of imide groups is 1. The second-order valence-corrected chi connectivity index (χ2v) is 6.96. The summed E-state index contributed by atoms with van der Waals surface area (Å²) >= 11 is 1.30. The summed E-state index contributed by atoms with van der Waals surface area (Å²) in [6.45, 7) is 0. The predicted molar refractivity (Wildman–Crippen MR) is 85.6 cm³/mol. The molecule has 3 aliphatic rings. The SMILES string of the molecule is O=C1[C@@H]2[C@@H](C(=O)N1c1ccc(-c3csnn3)cc1)[C@H]1C=C[C@H]2C1. The summed E-state index contributed by atoms with van der Waals surface area (Å²) in [5.74, 6) is 0.0956. The number of aromatic nitrogens is 2. The molecule has 1 aliphatic heterocycles. The van der Waals surface area contributed by atoms with Crippen molar-refractivity contribution in [3.63, 3.8) is 0 Å². The predicted octanol–water partition coefficient (Wildman–Crippen LogP) is 2.52. The number of fused-ring (bicyclic) bond motifs is 5. The molecular formula is C17H13N3O2S. The van der Waals surface area contributed by atoms with E-state index in [9.17, 15) is 9.59 Å². The standard InChI is InChI=1S/C17H13N3O2S/c21-16-14-10-1-2-11(7-10)15(14)17(22)20(16)12-5-3-9(4-6-12)13-8-23-19-18-13/h1-6,8,10-11,14-15H,7H2/t10-,11-,14-,15-/m0/s1. The smallest absolute Gasteiger partial charge is 0.238 e. The third-order valence-electron chi connectivity index (χ3n) is 5.25. The summed E-state index contributed by atoms with van der Waals surface area (Å²) in [6, 6.07) is 7.41. The molecular weight excluding hydrogens is 310 g/mol. The summed E-state index contributed by atoms with van der Waals surface area (Å²) in [5, 5.41) is 5.90. The lowest BCUT2D eigenvalue weighted by Crippen LogP contribution is -2.32. The van der Waals surface area contributed by atoms with Crippen molar-refractivity contribution in [1.29, 1.82) is 0 Å². The number of hydrogen-bond donors (Lipinski definition) is 0. The molecule has 2 aliphatic carbocycles. The van der Waals surface area contributed by atoms with Crippen molar-refractivity contribution >= 4 is 29.0 Å². The van der Waals surface area contributed by atoms with E-state index < -0.39 is 0 Å². The minimum atomic E-state index is -0.153. The molecule has 2 fully saturated rings. The Kier molecular flexibility index (Phi) is 2.61. The number of carbonyl (C=O) groups is 2. The Balaban J connectivity index is 1.49. The monoisotopic (exact) mass is 323 g/mol. The van der Waals surface area contributed by atoms with Crippen molar-refractivity contribution < 1.29 is 9.59 Å². The highest BCUT2D eigenvalue weighted by Crippen LogP contribution is 2.53. The van der Waals surface area contributed by atoms with E-state index in [2.05, 4.69) is 21.7 Å². The Morgan fingerprint density at radius 1 is 1.00 bits per heavy atom. The van der Waals surface area contributed by atoms with Gasteiger partial charge in [0.15, 0.2) is 0 Å². The van der Waals surface area contributed by atoms with Crippen LogP contribution >= 0.6 is 11.5 Å². The van der Waals surface area contributed by atoms with E-state index in [0.29, 0.717) is 5.69 Å². The Labute approximate surface area is 136 Å². The normalized spacial score (nSPS) is 31.2. The van der Waals surface area contributed by atoms with Crippen molar-refractivity contribution in [2.24, 2.45) is 23.7 Å². The molecule has 0 spiro atoms. The number of rotatable bonds is 2. The van der Waals surface area contributed by atoms with Crippen LogP contribution in [0.5, 0.6) is 0 Å². The van der Waals surface area contributed by atoms with Gasteiger partial charge in [-0.05, 0) is 41.9 Å². The molecule has 0 radical (unpaired) electrons. The lowest BCUT2D eigenvalue weighted by molar-refractivity contribution is -0.123. The first-order valence-corrected chi connectivity index (χ1v) is 8.51.